The van der Waals surface area contributed by atoms with E-state index in [0.717, 1.165) is 0 Å². The molecule has 0 aliphatic rings. The number of nitrogens with one attached hydrogen (secondary N) is 1. The molecule has 0 aliphatic heterocycles. The van der Waals surface area contributed by atoms with Crippen molar-refractivity contribution in [2.45, 2.75) is 0 Å². The lowest BCUT2D eigenvalue weighted by Gasteiger charge is -2.15. The third-order valence-corrected chi connectivity index (χ3v) is 2.34. The van der Waals surface area contributed by atoms with Crippen LogP contribution >= 0.6 is 0 Å². The highest BCUT2D eigenvalue weighted by molar-refractivity contribution is 5.96. The fourth-order valence-electron chi connectivity index (χ4n) is 1.39. The number of benzene rings is 1. The van der Waals surface area contributed by atoms with Crippen molar-refractivity contribution >= 4 is 23.6 Å². The summed E-state index contributed by atoms with van der Waals surface area (Å²) in [5, 5.41) is 2.38. The molecule has 0 bridgehead atoms. The fourth-order valence-corrected chi connectivity index (χ4v) is 1.39. The number of carbonyl (C=O) groups excluding carboxylic acids is 3. The van der Waals surface area contributed by atoms with Gasteiger partial charge in [0.1, 0.15) is 6.54 Å². The molecule has 3 amide bonds. The number of hydrogen-bond donors (Lipinski definition) is 2. The number of rotatable bonds is 4. The Kier molecular flexibility index (Phi) is 4.87. The zero-order valence-corrected chi connectivity index (χ0v) is 10.7. The molecule has 0 saturated carbocycles. The molecular formula is C12H15N3O4. The van der Waals surface area contributed by atoms with Crippen molar-refractivity contribution in [3.8, 4) is 0 Å². The largest absolute Gasteiger partial charge is 0.468 e. The van der Waals surface area contributed by atoms with E-state index >= 15 is 0 Å². The van der Waals surface area contributed by atoms with Crippen molar-refractivity contribution in [2.24, 2.45) is 5.73 Å². The standard InChI is InChI=1S/C12H15N3O4/c1-15(7-10(16)19-2)11(17)8-3-5-9(6-4-8)14-12(13)18/h3-6H,7H2,1-2H3,(H3,13,14,18). The van der Waals surface area contributed by atoms with Crippen molar-refractivity contribution in [2.75, 3.05) is 26.0 Å². The van der Waals surface area contributed by atoms with Crippen LogP contribution in [0.2, 0.25) is 0 Å². The van der Waals surface area contributed by atoms with Gasteiger partial charge in [-0.15, -0.1) is 0 Å². The third kappa shape index (κ3) is 4.30. The van der Waals surface area contributed by atoms with Crippen LogP contribution in [0.1, 0.15) is 10.4 Å². The molecule has 0 heterocycles. The number of carbonyl (C=O) groups is 3. The second-order valence-corrected chi connectivity index (χ2v) is 3.80. The molecule has 7 heteroatoms. The molecule has 1 aromatic rings. The van der Waals surface area contributed by atoms with E-state index in [-0.39, 0.29) is 12.5 Å². The van der Waals surface area contributed by atoms with Gasteiger partial charge in [-0.1, -0.05) is 0 Å². The highest BCUT2D eigenvalue weighted by Crippen LogP contribution is 2.10. The number of nitrogens with two attached hydrogens (primary N) is 1. The van der Waals surface area contributed by atoms with Gasteiger partial charge < -0.3 is 20.7 Å². The normalized spacial score (nSPS) is 9.58. The average molecular weight is 265 g/mol. The van der Waals surface area contributed by atoms with Gasteiger partial charge in [0, 0.05) is 18.3 Å². The predicted molar refractivity (Wildman–Crippen MR) is 68.6 cm³/mol. The van der Waals surface area contributed by atoms with E-state index in [1.807, 2.05) is 0 Å². The van der Waals surface area contributed by atoms with Crippen molar-refractivity contribution in [1.29, 1.82) is 0 Å². The molecule has 19 heavy (non-hydrogen) atoms. The minimum atomic E-state index is -0.679. The van der Waals surface area contributed by atoms with Gasteiger partial charge in [0.05, 0.1) is 7.11 Å². The summed E-state index contributed by atoms with van der Waals surface area (Å²) in [6.45, 7) is -0.128. The van der Waals surface area contributed by atoms with Crippen molar-refractivity contribution < 1.29 is 19.1 Å². The van der Waals surface area contributed by atoms with Gasteiger partial charge in [-0.25, -0.2) is 4.79 Å². The van der Waals surface area contributed by atoms with Crippen molar-refractivity contribution in [1.82, 2.24) is 4.90 Å². The molecule has 0 saturated heterocycles. The van der Waals surface area contributed by atoms with E-state index in [9.17, 15) is 14.4 Å². The van der Waals surface area contributed by atoms with Crippen LogP contribution < -0.4 is 11.1 Å². The average Bonchev–Trinajstić information content (AvgIpc) is 2.37. The topological polar surface area (TPSA) is 102 Å². The minimum Gasteiger partial charge on any atom is -0.468 e. The smallest absolute Gasteiger partial charge is 0.325 e. The molecule has 0 aliphatic carbocycles. The van der Waals surface area contributed by atoms with Gasteiger partial charge in [0.2, 0.25) is 0 Å². The number of ether oxygens (including phenoxy) is 1. The van der Waals surface area contributed by atoms with Gasteiger partial charge in [0.15, 0.2) is 0 Å². The lowest BCUT2D eigenvalue weighted by Crippen LogP contribution is -2.32. The lowest BCUT2D eigenvalue weighted by atomic mass is 10.2. The number of methoxy groups -OCH3 is 1. The SMILES string of the molecule is COC(=O)CN(C)C(=O)c1ccc(NC(N)=O)cc1. The van der Waals surface area contributed by atoms with Crippen LogP contribution in [-0.2, 0) is 9.53 Å². The Labute approximate surface area is 110 Å². The van der Waals surface area contributed by atoms with Gasteiger partial charge in [0.25, 0.3) is 5.91 Å². The molecule has 0 unspecified atom stereocenters. The maximum atomic E-state index is 11.9. The Morgan fingerprint density at radius 1 is 1.26 bits per heavy atom. The zero-order chi connectivity index (χ0) is 14.4. The van der Waals surface area contributed by atoms with Crippen LogP contribution in [0.5, 0.6) is 0 Å². The summed E-state index contributed by atoms with van der Waals surface area (Å²) in [6.07, 6.45) is 0. The number of esters is 1. The quantitative estimate of drug-likeness (QED) is 0.770. The second kappa shape index (κ2) is 6.39. The van der Waals surface area contributed by atoms with Gasteiger partial charge >= 0.3 is 12.0 Å². The Morgan fingerprint density at radius 2 is 1.84 bits per heavy atom. The van der Waals surface area contributed by atoms with Gasteiger partial charge in [-0.05, 0) is 24.3 Å². The Bertz CT molecular complexity index is 484. The van der Waals surface area contributed by atoms with E-state index in [4.69, 9.17) is 5.73 Å². The highest BCUT2D eigenvalue weighted by Gasteiger charge is 2.14. The molecule has 0 radical (unpaired) electrons. The van der Waals surface area contributed by atoms with Crippen molar-refractivity contribution in [3.05, 3.63) is 29.8 Å². The van der Waals surface area contributed by atoms with Crippen LogP contribution in [-0.4, -0.2) is 43.5 Å². The zero-order valence-electron chi connectivity index (χ0n) is 10.7. The molecule has 7 nitrogen and oxygen atoms in total. The number of nitrogens with zero attached hydrogens (tertiary/aromatic N) is 1. The van der Waals surface area contributed by atoms with Crippen LogP contribution in [0.4, 0.5) is 10.5 Å². The molecule has 0 spiro atoms. The molecule has 102 valence electrons. The van der Waals surface area contributed by atoms with E-state index in [1.165, 1.54) is 31.2 Å². The highest BCUT2D eigenvalue weighted by atomic mass is 16.5. The first-order valence-corrected chi connectivity index (χ1v) is 5.43. The maximum Gasteiger partial charge on any atom is 0.325 e. The number of likely N-dealkylation sites (N-methyl/N-ethyl adjacent to an activating group) is 1. The number of amides is 3. The summed E-state index contributed by atoms with van der Waals surface area (Å²) in [5.74, 6) is -0.820. The molecule has 0 atom stereocenters. The first kappa shape index (κ1) is 14.5. The van der Waals surface area contributed by atoms with Crippen LogP contribution in [0, 0.1) is 0 Å². The second-order valence-electron chi connectivity index (χ2n) is 3.80. The van der Waals surface area contributed by atoms with E-state index in [2.05, 4.69) is 10.1 Å². The Morgan fingerprint density at radius 3 is 2.32 bits per heavy atom. The molecule has 1 rings (SSSR count). The molecule has 1 aromatic carbocycles. The number of hydrogen-bond acceptors (Lipinski definition) is 4. The maximum absolute atomic E-state index is 11.9. The summed E-state index contributed by atoms with van der Waals surface area (Å²) in [4.78, 5) is 34.9. The summed E-state index contributed by atoms with van der Waals surface area (Å²) in [7, 11) is 2.75. The van der Waals surface area contributed by atoms with Crippen molar-refractivity contribution in [3.63, 3.8) is 0 Å². The molecular weight excluding hydrogens is 250 g/mol. The number of primary amides is 1. The summed E-state index contributed by atoms with van der Waals surface area (Å²) in [6, 6.07) is 5.47. The minimum absolute atomic E-state index is 0.128. The summed E-state index contributed by atoms with van der Waals surface area (Å²) >= 11 is 0. The number of anilines is 1. The first-order chi connectivity index (χ1) is 8.93. The molecule has 3 N–H and O–H groups in total. The molecule has 0 aromatic heterocycles. The molecule has 0 fully saturated rings. The van der Waals surface area contributed by atoms with E-state index < -0.39 is 12.0 Å². The van der Waals surface area contributed by atoms with Crippen LogP contribution in [0.3, 0.4) is 0 Å². The summed E-state index contributed by atoms with van der Waals surface area (Å²) < 4.78 is 4.48. The Balaban J connectivity index is 2.72. The van der Waals surface area contributed by atoms with Crippen LogP contribution in [0.25, 0.3) is 0 Å². The monoisotopic (exact) mass is 265 g/mol. The van der Waals surface area contributed by atoms with Gasteiger partial charge in [-0.2, -0.15) is 0 Å². The number of urea groups is 1. The van der Waals surface area contributed by atoms with E-state index in [1.54, 1.807) is 12.1 Å². The van der Waals surface area contributed by atoms with Gasteiger partial charge in [-0.3, -0.25) is 9.59 Å². The summed E-state index contributed by atoms with van der Waals surface area (Å²) in [5.41, 5.74) is 5.84. The fraction of sp³-hybridized carbons (Fsp3) is 0.250. The van der Waals surface area contributed by atoms with Crippen LogP contribution in [0.15, 0.2) is 24.3 Å². The predicted octanol–water partition coefficient (Wildman–Crippen LogP) is 0.422. The van der Waals surface area contributed by atoms with E-state index in [0.29, 0.717) is 11.3 Å². The Hall–Kier alpha value is -2.57. The first-order valence-electron chi connectivity index (χ1n) is 5.43. The lowest BCUT2D eigenvalue weighted by molar-refractivity contribution is -0.141. The third-order valence-electron chi connectivity index (χ3n) is 2.34.